The molecule has 0 aliphatic rings. The molecule has 0 spiro atoms. The van der Waals surface area contributed by atoms with Crippen LogP contribution in [0.15, 0.2) is 54.3 Å². The summed E-state index contributed by atoms with van der Waals surface area (Å²) < 4.78 is 5.01. The van der Waals surface area contributed by atoms with E-state index in [0.717, 1.165) is 16.7 Å². The molecule has 7 N–H and O–H groups in total. The molecule has 0 atom stereocenters. The van der Waals surface area contributed by atoms with E-state index in [9.17, 15) is 0 Å². The molecule has 0 saturated carbocycles. The molecule has 154 valence electrons. The maximum Gasteiger partial charge on any atom is 0.132 e. The van der Waals surface area contributed by atoms with Crippen molar-refractivity contribution in [3.05, 3.63) is 59.8 Å². The zero-order valence-electron chi connectivity index (χ0n) is 17.1. The van der Waals surface area contributed by atoms with Crippen molar-refractivity contribution in [1.29, 1.82) is 5.41 Å². The second-order valence-electron chi connectivity index (χ2n) is 6.70. The number of aromatic nitrogens is 2. The Labute approximate surface area is 171 Å². The number of allylic oxidation sites excluding steroid dienone is 3. The number of nitrogens with one attached hydrogen (secondary N) is 3. The minimum Gasteiger partial charge on any atom is -0.404 e. The standard InChI is InChI=1S/C21H29N7O/c1-14(2)15(10-22)9-20(24)28-21-5-4-18-19(27-21)8-16(13-26-18)17(11-23)12-25-6-7-29-3/h4-5,8-14,23,25H,6-7,22,24H2,1-3H3,(H,27,28)/b15-10+,17-12+,20-9+,23-11?. The van der Waals surface area contributed by atoms with Gasteiger partial charge in [0, 0.05) is 43.4 Å². The normalized spacial score (nSPS) is 13.0. The van der Waals surface area contributed by atoms with Crippen LogP contribution in [-0.2, 0) is 4.74 Å². The largest absolute Gasteiger partial charge is 0.404 e. The van der Waals surface area contributed by atoms with E-state index in [1.807, 2.05) is 32.0 Å². The first-order chi connectivity index (χ1) is 14.0. The molecule has 2 aromatic rings. The molecule has 8 heteroatoms. The van der Waals surface area contributed by atoms with Crippen LogP contribution >= 0.6 is 0 Å². The zero-order valence-corrected chi connectivity index (χ0v) is 17.1. The number of nitrogens with zero attached hydrogens (tertiary/aromatic N) is 2. The molecular formula is C21H29N7O. The summed E-state index contributed by atoms with van der Waals surface area (Å²) in [5, 5.41) is 13.9. The third-order valence-corrected chi connectivity index (χ3v) is 4.19. The second kappa shape index (κ2) is 10.8. The Morgan fingerprint density at radius 1 is 1.31 bits per heavy atom. The molecule has 0 unspecified atom stereocenters. The van der Waals surface area contributed by atoms with E-state index in [4.69, 9.17) is 21.6 Å². The van der Waals surface area contributed by atoms with Crippen LogP contribution in [0.1, 0.15) is 19.4 Å². The maximum atomic E-state index is 7.67. The molecule has 0 fully saturated rings. The van der Waals surface area contributed by atoms with Gasteiger partial charge >= 0.3 is 0 Å². The molecule has 0 saturated heterocycles. The highest BCUT2D eigenvalue weighted by atomic mass is 16.5. The van der Waals surface area contributed by atoms with Crippen molar-refractivity contribution >= 4 is 28.6 Å². The number of hydrogen-bond acceptors (Lipinski definition) is 8. The Balaban J connectivity index is 2.26. The summed E-state index contributed by atoms with van der Waals surface area (Å²) in [5.74, 6) is 1.32. The monoisotopic (exact) mass is 395 g/mol. The van der Waals surface area contributed by atoms with Gasteiger partial charge in [0.15, 0.2) is 0 Å². The van der Waals surface area contributed by atoms with Crippen molar-refractivity contribution in [1.82, 2.24) is 15.3 Å². The maximum absolute atomic E-state index is 7.67. The van der Waals surface area contributed by atoms with Crippen molar-refractivity contribution in [2.75, 3.05) is 25.6 Å². The average molecular weight is 396 g/mol. The summed E-state index contributed by atoms with van der Waals surface area (Å²) in [6.45, 7) is 5.33. The Bertz CT molecular complexity index is 932. The van der Waals surface area contributed by atoms with Crippen LogP contribution in [0.5, 0.6) is 0 Å². The number of anilines is 1. The summed E-state index contributed by atoms with van der Waals surface area (Å²) in [6, 6.07) is 5.58. The molecule has 2 rings (SSSR count). The molecule has 8 nitrogen and oxygen atoms in total. The van der Waals surface area contributed by atoms with Crippen molar-refractivity contribution < 1.29 is 4.74 Å². The number of pyridine rings is 2. The topological polar surface area (TPSA) is 135 Å². The lowest BCUT2D eigenvalue weighted by Crippen LogP contribution is -2.13. The van der Waals surface area contributed by atoms with Gasteiger partial charge in [0.25, 0.3) is 0 Å². The predicted octanol–water partition coefficient (Wildman–Crippen LogP) is 2.57. The lowest BCUT2D eigenvalue weighted by Gasteiger charge is -2.10. The van der Waals surface area contributed by atoms with Crippen LogP contribution in [-0.4, -0.2) is 36.4 Å². The third kappa shape index (κ3) is 6.32. The molecule has 29 heavy (non-hydrogen) atoms. The molecular weight excluding hydrogens is 366 g/mol. The van der Waals surface area contributed by atoms with Gasteiger partial charge in [-0.25, -0.2) is 4.98 Å². The van der Waals surface area contributed by atoms with Crippen LogP contribution in [0.2, 0.25) is 0 Å². The van der Waals surface area contributed by atoms with E-state index in [1.54, 1.807) is 31.8 Å². The van der Waals surface area contributed by atoms with Crippen LogP contribution < -0.4 is 22.1 Å². The van der Waals surface area contributed by atoms with Gasteiger partial charge in [-0.1, -0.05) is 13.8 Å². The Kier molecular flexibility index (Phi) is 8.17. The molecule has 0 aliphatic heterocycles. The van der Waals surface area contributed by atoms with Gasteiger partial charge in [-0.05, 0) is 42.0 Å². The first-order valence-corrected chi connectivity index (χ1v) is 9.34. The van der Waals surface area contributed by atoms with Crippen LogP contribution in [0.25, 0.3) is 16.6 Å². The first-order valence-electron chi connectivity index (χ1n) is 9.34. The summed E-state index contributed by atoms with van der Waals surface area (Å²) in [6.07, 6.45) is 8.12. The number of nitrogens with two attached hydrogens (primary N) is 2. The second-order valence-corrected chi connectivity index (χ2v) is 6.70. The van der Waals surface area contributed by atoms with Crippen molar-refractivity contribution in [2.24, 2.45) is 17.4 Å². The van der Waals surface area contributed by atoms with E-state index < -0.39 is 0 Å². The molecule has 0 amide bonds. The fraction of sp³-hybridized carbons (Fsp3) is 0.286. The molecule has 0 bridgehead atoms. The van der Waals surface area contributed by atoms with E-state index in [2.05, 4.69) is 20.6 Å². The van der Waals surface area contributed by atoms with Gasteiger partial charge in [0.05, 0.1) is 17.6 Å². The number of hydrogen-bond donors (Lipinski definition) is 5. The van der Waals surface area contributed by atoms with E-state index >= 15 is 0 Å². The molecule has 0 aromatic carbocycles. The summed E-state index contributed by atoms with van der Waals surface area (Å²) in [4.78, 5) is 9.03. The minimum absolute atomic E-state index is 0.264. The number of methoxy groups -OCH3 is 1. The lowest BCUT2D eigenvalue weighted by atomic mass is 10.0. The van der Waals surface area contributed by atoms with Crippen LogP contribution in [0, 0.1) is 11.3 Å². The highest BCUT2D eigenvalue weighted by Gasteiger charge is 2.06. The van der Waals surface area contributed by atoms with Crippen LogP contribution in [0.3, 0.4) is 0 Å². The van der Waals surface area contributed by atoms with E-state index in [-0.39, 0.29) is 5.92 Å². The lowest BCUT2D eigenvalue weighted by molar-refractivity contribution is 0.203. The number of fused-ring (bicyclic) bond motifs is 1. The zero-order chi connectivity index (χ0) is 21.2. The molecule has 2 heterocycles. The van der Waals surface area contributed by atoms with Crippen molar-refractivity contribution in [2.45, 2.75) is 13.8 Å². The Morgan fingerprint density at radius 2 is 2.10 bits per heavy atom. The minimum atomic E-state index is 0.264. The van der Waals surface area contributed by atoms with Gasteiger partial charge in [-0.3, -0.25) is 4.98 Å². The smallest absolute Gasteiger partial charge is 0.132 e. The van der Waals surface area contributed by atoms with Gasteiger partial charge < -0.3 is 32.2 Å². The number of rotatable bonds is 10. The fourth-order valence-electron chi connectivity index (χ4n) is 2.56. The summed E-state index contributed by atoms with van der Waals surface area (Å²) in [7, 11) is 1.64. The molecule has 0 aliphatic carbocycles. The Hall–Kier alpha value is -3.39. The van der Waals surface area contributed by atoms with Crippen molar-refractivity contribution in [3.63, 3.8) is 0 Å². The highest BCUT2D eigenvalue weighted by Crippen LogP contribution is 2.19. The molecule has 2 aromatic heterocycles. The van der Waals surface area contributed by atoms with Gasteiger partial charge in [0.2, 0.25) is 0 Å². The van der Waals surface area contributed by atoms with E-state index in [0.29, 0.717) is 35.9 Å². The van der Waals surface area contributed by atoms with Gasteiger partial charge in [-0.2, -0.15) is 0 Å². The van der Waals surface area contributed by atoms with Crippen LogP contribution in [0.4, 0.5) is 5.82 Å². The highest BCUT2D eigenvalue weighted by molar-refractivity contribution is 6.08. The predicted molar refractivity (Wildman–Crippen MR) is 119 cm³/mol. The van der Waals surface area contributed by atoms with Crippen molar-refractivity contribution in [3.8, 4) is 0 Å². The first kappa shape index (κ1) is 21.9. The average Bonchev–Trinajstić information content (AvgIpc) is 2.71. The molecule has 0 radical (unpaired) electrons. The van der Waals surface area contributed by atoms with E-state index in [1.165, 1.54) is 6.21 Å². The van der Waals surface area contributed by atoms with Gasteiger partial charge in [-0.15, -0.1) is 0 Å². The quantitative estimate of drug-likeness (QED) is 0.237. The Morgan fingerprint density at radius 3 is 2.76 bits per heavy atom. The number of ether oxygens (including phenoxy) is 1. The summed E-state index contributed by atoms with van der Waals surface area (Å²) >= 11 is 0. The third-order valence-electron chi connectivity index (χ3n) is 4.19. The fourth-order valence-corrected chi connectivity index (χ4v) is 2.56. The SMILES string of the molecule is COCCN/C=C(\C=N)c1cnc2ccc(N/C(N)=C/C(=C\N)C(C)C)nc2c1. The van der Waals surface area contributed by atoms with Gasteiger partial charge in [0.1, 0.15) is 11.6 Å². The summed E-state index contributed by atoms with van der Waals surface area (Å²) in [5.41, 5.74) is 15.6.